The molecule has 0 aromatic heterocycles. The summed E-state index contributed by atoms with van der Waals surface area (Å²) in [6.45, 7) is 0. The smallest absolute Gasteiger partial charge is 0.227 e. The molecule has 4 heteroatoms. The van der Waals surface area contributed by atoms with E-state index in [9.17, 15) is 0 Å². The van der Waals surface area contributed by atoms with Crippen LogP contribution in [-0.2, 0) is 30.5 Å². The highest BCUT2D eigenvalue weighted by atomic mass is 16.8. The van der Waals surface area contributed by atoms with E-state index >= 15 is 0 Å². The van der Waals surface area contributed by atoms with Crippen LogP contribution in [0.3, 0.4) is 0 Å². The lowest BCUT2D eigenvalue weighted by atomic mass is 9.86. The van der Waals surface area contributed by atoms with Crippen LogP contribution in [0, 0.1) is 0 Å². The Bertz CT molecular complexity index is 1090. The summed E-state index contributed by atoms with van der Waals surface area (Å²) in [5, 5.41) is 0. The molecule has 4 nitrogen and oxygen atoms in total. The van der Waals surface area contributed by atoms with E-state index in [2.05, 4.69) is 0 Å². The summed E-state index contributed by atoms with van der Waals surface area (Å²) in [6.07, 6.45) is -1.22. The molecule has 1 saturated heterocycles. The topological polar surface area (TPSA) is 36.9 Å². The summed E-state index contributed by atoms with van der Waals surface area (Å²) in [4.78, 5) is 0. The van der Waals surface area contributed by atoms with Gasteiger partial charge < -0.3 is 18.9 Å². The van der Waals surface area contributed by atoms with Gasteiger partial charge in [-0.15, -0.1) is 0 Å². The van der Waals surface area contributed by atoms with Gasteiger partial charge >= 0.3 is 0 Å². The molecular formula is C30H28O4. The van der Waals surface area contributed by atoms with Crippen molar-refractivity contribution in [2.45, 2.75) is 23.8 Å². The Hall–Kier alpha value is -3.28. The van der Waals surface area contributed by atoms with E-state index in [1.54, 1.807) is 14.2 Å². The molecule has 4 atom stereocenters. The van der Waals surface area contributed by atoms with Crippen LogP contribution >= 0.6 is 0 Å². The summed E-state index contributed by atoms with van der Waals surface area (Å²) in [7, 11) is 3.33. The summed E-state index contributed by atoms with van der Waals surface area (Å²) in [5.41, 5.74) is 3.59. The Morgan fingerprint density at radius 3 is 1.06 bits per heavy atom. The van der Waals surface area contributed by atoms with Crippen LogP contribution in [0.4, 0.5) is 0 Å². The number of benzene rings is 4. The third-order valence-corrected chi connectivity index (χ3v) is 6.44. The first-order chi connectivity index (χ1) is 16.7. The minimum atomic E-state index is -1.21. The predicted octanol–water partition coefficient (Wildman–Crippen LogP) is 6.51. The van der Waals surface area contributed by atoms with Gasteiger partial charge in [-0.05, 0) is 11.1 Å². The molecule has 5 rings (SSSR count). The largest absolute Gasteiger partial charge is 0.347 e. The zero-order chi connectivity index (χ0) is 23.4. The molecule has 0 radical (unpaired) electrons. The van der Waals surface area contributed by atoms with E-state index in [0.29, 0.717) is 0 Å². The van der Waals surface area contributed by atoms with Crippen LogP contribution in [0.5, 0.6) is 0 Å². The molecule has 0 aliphatic carbocycles. The van der Waals surface area contributed by atoms with Crippen molar-refractivity contribution in [3.05, 3.63) is 144 Å². The molecule has 0 N–H and O–H groups in total. The normalized spacial score (nSPS) is 26.8. The zero-order valence-corrected chi connectivity index (χ0v) is 19.3. The Kier molecular flexibility index (Phi) is 6.31. The summed E-state index contributed by atoms with van der Waals surface area (Å²) in [5.74, 6) is -2.42. The van der Waals surface area contributed by atoms with Gasteiger partial charge in [0, 0.05) is 25.3 Å². The van der Waals surface area contributed by atoms with Gasteiger partial charge in [-0.3, -0.25) is 0 Å². The highest BCUT2D eigenvalue weighted by Crippen LogP contribution is 2.58. The van der Waals surface area contributed by atoms with Crippen molar-refractivity contribution in [3.63, 3.8) is 0 Å². The monoisotopic (exact) mass is 452 g/mol. The first-order valence-electron chi connectivity index (χ1n) is 11.4. The van der Waals surface area contributed by atoms with Crippen molar-refractivity contribution in [1.82, 2.24) is 0 Å². The van der Waals surface area contributed by atoms with Crippen LogP contribution in [0.2, 0.25) is 0 Å². The molecule has 0 bridgehead atoms. The Balaban J connectivity index is 1.76. The van der Waals surface area contributed by atoms with E-state index in [1.807, 2.05) is 121 Å². The maximum Gasteiger partial charge on any atom is 0.227 e. The average molecular weight is 453 g/mol. The van der Waals surface area contributed by atoms with Crippen molar-refractivity contribution in [2.24, 2.45) is 0 Å². The van der Waals surface area contributed by atoms with Crippen molar-refractivity contribution in [1.29, 1.82) is 0 Å². The molecule has 0 amide bonds. The van der Waals surface area contributed by atoms with Gasteiger partial charge in [-0.2, -0.15) is 0 Å². The predicted molar refractivity (Wildman–Crippen MR) is 131 cm³/mol. The van der Waals surface area contributed by atoms with Crippen LogP contribution in [0.15, 0.2) is 121 Å². The third-order valence-electron chi connectivity index (χ3n) is 6.44. The van der Waals surface area contributed by atoms with Crippen LogP contribution < -0.4 is 0 Å². The van der Waals surface area contributed by atoms with Gasteiger partial charge in [0.15, 0.2) is 0 Å². The lowest BCUT2D eigenvalue weighted by molar-refractivity contribution is -0.454. The van der Waals surface area contributed by atoms with E-state index in [0.717, 1.165) is 22.3 Å². The average Bonchev–Trinajstić information content (AvgIpc) is 2.94. The van der Waals surface area contributed by atoms with Gasteiger partial charge in [-0.1, -0.05) is 121 Å². The lowest BCUT2D eigenvalue weighted by Crippen LogP contribution is -2.55. The minimum Gasteiger partial charge on any atom is -0.347 e. The quantitative estimate of drug-likeness (QED) is 0.334. The van der Waals surface area contributed by atoms with Crippen molar-refractivity contribution >= 4 is 0 Å². The van der Waals surface area contributed by atoms with E-state index in [4.69, 9.17) is 18.9 Å². The van der Waals surface area contributed by atoms with Gasteiger partial charge in [0.1, 0.15) is 12.2 Å². The Morgan fingerprint density at radius 2 is 0.765 bits per heavy atom. The number of hydrogen-bond acceptors (Lipinski definition) is 4. The fourth-order valence-electron chi connectivity index (χ4n) is 4.79. The zero-order valence-electron chi connectivity index (χ0n) is 19.3. The van der Waals surface area contributed by atoms with Gasteiger partial charge in [-0.25, -0.2) is 0 Å². The molecule has 4 aromatic rings. The van der Waals surface area contributed by atoms with E-state index in [1.165, 1.54) is 0 Å². The van der Waals surface area contributed by atoms with E-state index in [-0.39, 0.29) is 0 Å². The highest BCUT2D eigenvalue weighted by Gasteiger charge is 2.60. The third kappa shape index (κ3) is 3.75. The fraction of sp³-hybridized carbons (Fsp3) is 0.200. The second kappa shape index (κ2) is 9.53. The molecule has 4 unspecified atom stereocenters. The summed E-state index contributed by atoms with van der Waals surface area (Å²) < 4.78 is 26.6. The Labute approximate surface area is 200 Å². The molecule has 1 heterocycles. The van der Waals surface area contributed by atoms with Crippen molar-refractivity contribution < 1.29 is 18.9 Å². The maximum absolute atomic E-state index is 7.05. The SMILES string of the molecule is COC1(c2ccccc2)OC(c2ccccc2)C(OC)(c2ccccc2)OC1c1ccccc1. The molecule has 172 valence electrons. The van der Waals surface area contributed by atoms with Crippen LogP contribution in [-0.4, -0.2) is 14.2 Å². The summed E-state index contributed by atoms with van der Waals surface area (Å²) >= 11 is 0. The highest BCUT2D eigenvalue weighted by molar-refractivity contribution is 5.34. The fourth-order valence-corrected chi connectivity index (χ4v) is 4.79. The number of methoxy groups -OCH3 is 2. The molecule has 1 fully saturated rings. The molecular weight excluding hydrogens is 424 g/mol. The van der Waals surface area contributed by atoms with Crippen molar-refractivity contribution in [3.8, 4) is 0 Å². The standard InChI is InChI=1S/C30H28O4/c1-31-29(25-19-11-5-12-20-25)27(23-15-7-3-8-16-23)34-30(32-2,26-21-13-6-14-22-26)28(33-29)24-17-9-4-10-18-24/h3-22,27-28H,1-2H3. The maximum atomic E-state index is 7.05. The van der Waals surface area contributed by atoms with Gasteiger partial charge in [0.25, 0.3) is 0 Å². The minimum absolute atomic E-state index is 0.610. The second-order valence-electron chi connectivity index (χ2n) is 8.29. The molecule has 4 aromatic carbocycles. The van der Waals surface area contributed by atoms with Gasteiger partial charge in [0.05, 0.1) is 0 Å². The lowest BCUT2D eigenvalue weighted by Gasteiger charge is -2.54. The number of hydrogen-bond donors (Lipinski definition) is 0. The Morgan fingerprint density at radius 1 is 0.471 bits per heavy atom. The first-order valence-corrected chi connectivity index (χ1v) is 11.4. The second-order valence-corrected chi connectivity index (χ2v) is 8.29. The van der Waals surface area contributed by atoms with Crippen molar-refractivity contribution in [2.75, 3.05) is 14.2 Å². The molecule has 1 aliphatic heterocycles. The molecule has 0 spiro atoms. The molecule has 1 aliphatic rings. The number of ether oxygens (including phenoxy) is 4. The summed E-state index contributed by atoms with van der Waals surface area (Å²) in [6, 6.07) is 39.9. The first kappa shape index (κ1) is 22.5. The van der Waals surface area contributed by atoms with E-state index < -0.39 is 23.8 Å². The molecule has 0 saturated carbocycles. The number of rotatable bonds is 6. The molecule has 34 heavy (non-hydrogen) atoms. The van der Waals surface area contributed by atoms with Crippen LogP contribution in [0.25, 0.3) is 0 Å². The van der Waals surface area contributed by atoms with Gasteiger partial charge in [0.2, 0.25) is 11.6 Å². The van der Waals surface area contributed by atoms with Crippen LogP contribution in [0.1, 0.15) is 34.5 Å².